The lowest BCUT2D eigenvalue weighted by atomic mass is 10.3. The van der Waals surface area contributed by atoms with Gasteiger partial charge in [-0.15, -0.1) is 11.3 Å². The fraction of sp³-hybridized carbons (Fsp3) is 0.429. The summed E-state index contributed by atoms with van der Waals surface area (Å²) in [4.78, 5) is 17.5. The molecule has 0 bridgehead atoms. The van der Waals surface area contributed by atoms with E-state index in [2.05, 4.69) is 20.7 Å². The van der Waals surface area contributed by atoms with Crippen LogP contribution in [0.2, 0.25) is 0 Å². The van der Waals surface area contributed by atoms with Crippen LogP contribution in [0.3, 0.4) is 0 Å². The van der Waals surface area contributed by atoms with Crippen LogP contribution in [0.4, 0.5) is 5.00 Å². The standard InChI is InChI=1S/C14H14N4OS2/c1-7-10(6-15)14(21-18-7)17-13(19)12-8(2)16-11(20-12)5-9-3-4-9/h9H,3-5H2,1-2H3,(H,17,19). The SMILES string of the molecule is Cc1nc(CC2CC2)sc1C(=O)Nc1snc(C)c1C#N. The van der Waals surface area contributed by atoms with Crippen LogP contribution in [-0.2, 0) is 6.42 Å². The van der Waals surface area contributed by atoms with Gasteiger partial charge in [-0.2, -0.15) is 9.64 Å². The summed E-state index contributed by atoms with van der Waals surface area (Å²) in [5, 5.41) is 13.4. The van der Waals surface area contributed by atoms with E-state index in [1.165, 1.54) is 24.2 Å². The van der Waals surface area contributed by atoms with Gasteiger partial charge in [-0.3, -0.25) is 4.79 Å². The lowest BCUT2D eigenvalue weighted by Crippen LogP contribution is -2.11. The van der Waals surface area contributed by atoms with Crippen molar-refractivity contribution >= 4 is 33.8 Å². The zero-order valence-corrected chi connectivity index (χ0v) is 13.4. The Morgan fingerprint density at radius 2 is 2.19 bits per heavy atom. The maximum Gasteiger partial charge on any atom is 0.268 e. The predicted molar refractivity (Wildman–Crippen MR) is 82.8 cm³/mol. The molecule has 0 saturated heterocycles. The molecule has 108 valence electrons. The number of nitrogens with zero attached hydrogens (tertiary/aromatic N) is 3. The van der Waals surface area contributed by atoms with Crippen molar-refractivity contribution in [3.63, 3.8) is 0 Å². The molecule has 2 aromatic heterocycles. The van der Waals surface area contributed by atoms with E-state index >= 15 is 0 Å². The molecule has 0 aliphatic heterocycles. The number of aryl methyl sites for hydroxylation is 2. The highest BCUT2D eigenvalue weighted by Crippen LogP contribution is 2.34. The molecule has 0 aromatic carbocycles. The minimum absolute atomic E-state index is 0.202. The first kappa shape index (κ1) is 14.2. The number of rotatable bonds is 4. The predicted octanol–water partition coefficient (Wildman–Crippen LogP) is 3.29. The molecule has 0 spiro atoms. The molecule has 1 aliphatic carbocycles. The molecule has 1 N–H and O–H groups in total. The van der Waals surface area contributed by atoms with E-state index in [1.807, 2.05) is 6.92 Å². The third-order valence-electron chi connectivity index (χ3n) is 3.41. The van der Waals surface area contributed by atoms with E-state index in [-0.39, 0.29) is 5.91 Å². The van der Waals surface area contributed by atoms with Gasteiger partial charge in [-0.05, 0) is 44.1 Å². The van der Waals surface area contributed by atoms with E-state index in [1.54, 1.807) is 6.92 Å². The van der Waals surface area contributed by atoms with E-state index in [0.29, 0.717) is 21.1 Å². The largest absolute Gasteiger partial charge is 0.310 e. The van der Waals surface area contributed by atoms with Crippen molar-refractivity contribution in [1.82, 2.24) is 9.36 Å². The van der Waals surface area contributed by atoms with Crippen molar-refractivity contribution in [2.75, 3.05) is 5.32 Å². The fourth-order valence-corrected chi connectivity index (χ4v) is 3.88. The summed E-state index contributed by atoms with van der Waals surface area (Å²) in [5.74, 6) is 0.549. The smallest absolute Gasteiger partial charge is 0.268 e. The molecule has 21 heavy (non-hydrogen) atoms. The number of thiazole rings is 1. The maximum atomic E-state index is 12.4. The molecule has 2 heterocycles. The lowest BCUT2D eigenvalue weighted by molar-refractivity contribution is 0.103. The molecular weight excluding hydrogens is 304 g/mol. The number of hydrogen-bond donors (Lipinski definition) is 1. The summed E-state index contributed by atoms with van der Waals surface area (Å²) in [6.07, 6.45) is 3.51. The average Bonchev–Trinajstić information content (AvgIpc) is 3.08. The van der Waals surface area contributed by atoms with Crippen molar-refractivity contribution in [2.45, 2.75) is 33.1 Å². The molecule has 1 saturated carbocycles. The molecule has 1 fully saturated rings. The van der Waals surface area contributed by atoms with E-state index < -0.39 is 0 Å². The molecule has 3 rings (SSSR count). The number of carbonyl (C=O) groups excluding carboxylic acids is 1. The van der Waals surface area contributed by atoms with Crippen molar-refractivity contribution in [3.8, 4) is 6.07 Å². The second kappa shape index (κ2) is 5.54. The van der Waals surface area contributed by atoms with Crippen molar-refractivity contribution < 1.29 is 4.79 Å². The van der Waals surface area contributed by atoms with Crippen molar-refractivity contribution in [1.29, 1.82) is 5.26 Å². The second-order valence-corrected chi connectivity index (χ2v) is 7.06. The molecule has 1 amide bonds. The Morgan fingerprint density at radius 3 is 2.86 bits per heavy atom. The summed E-state index contributed by atoms with van der Waals surface area (Å²) in [6, 6.07) is 2.08. The van der Waals surface area contributed by atoms with Gasteiger partial charge in [0.1, 0.15) is 21.5 Å². The molecule has 5 nitrogen and oxygen atoms in total. The summed E-state index contributed by atoms with van der Waals surface area (Å²) < 4.78 is 4.10. The third kappa shape index (κ3) is 2.96. The molecule has 0 unspecified atom stereocenters. The Kier molecular flexibility index (Phi) is 3.74. The van der Waals surface area contributed by atoms with Gasteiger partial charge < -0.3 is 5.32 Å². The molecule has 0 radical (unpaired) electrons. The Balaban J connectivity index is 1.78. The number of anilines is 1. The Hall–Kier alpha value is -1.78. The highest BCUT2D eigenvalue weighted by Gasteiger charge is 2.25. The minimum Gasteiger partial charge on any atom is -0.310 e. The van der Waals surface area contributed by atoms with Gasteiger partial charge in [-0.1, -0.05) is 0 Å². The third-order valence-corrected chi connectivity index (χ3v) is 5.44. The summed E-state index contributed by atoms with van der Waals surface area (Å²) in [7, 11) is 0. The average molecular weight is 318 g/mol. The molecule has 7 heteroatoms. The number of nitriles is 1. The highest BCUT2D eigenvalue weighted by atomic mass is 32.1. The molecule has 0 atom stereocenters. The Morgan fingerprint density at radius 1 is 1.43 bits per heavy atom. The first-order chi connectivity index (χ1) is 10.1. The number of carbonyl (C=O) groups is 1. The first-order valence-corrected chi connectivity index (χ1v) is 8.31. The van der Waals surface area contributed by atoms with Crippen LogP contribution in [0.15, 0.2) is 0 Å². The van der Waals surface area contributed by atoms with Crippen LogP contribution < -0.4 is 5.32 Å². The summed E-state index contributed by atoms with van der Waals surface area (Å²) in [5.41, 5.74) is 1.84. The van der Waals surface area contributed by atoms with Crippen molar-refractivity contribution in [3.05, 3.63) is 26.8 Å². The first-order valence-electron chi connectivity index (χ1n) is 6.72. The fourth-order valence-electron chi connectivity index (χ4n) is 2.07. The van der Waals surface area contributed by atoms with E-state index in [0.717, 1.165) is 34.6 Å². The van der Waals surface area contributed by atoms with Crippen molar-refractivity contribution in [2.24, 2.45) is 5.92 Å². The molecule has 2 aromatic rings. The lowest BCUT2D eigenvalue weighted by Gasteiger charge is -2.00. The minimum atomic E-state index is -0.202. The van der Waals surface area contributed by atoms with Gasteiger partial charge in [0.15, 0.2) is 0 Å². The van der Waals surface area contributed by atoms with Gasteiger partial charge in [-0.25, -0.2) is 4.98 Å². The summed E-state index contributed by atoms with van der Waals surface area (Å²) >= 11 is 2.59. The number of aromatic nitrogens is 2. The van der Waals surface area contributed by atoms with Crippen LogP contribution in [-0.4, -0.2) is 15.3 Å². The van der Waals surface area contributed by atoms with Crippen LogP contribution in [0, 0.1) is 31.1 Å². The normalized spacial score (nSPS) is 14.0. The van der Waals surface area contributed by atoms with Crippen LogP contribution in [0.25, 0.3) is 0 Å². The van der Waals surface area contributed by atoms with Crippen LogP contribution in [0.5, 0.6) is 0 Å². The Labute approximate surface area is 130 Å². The zero-order chi connectivity index (χ0) is 15.0. The van der Waals surface area contributed by atoms with E-state index in [4.69, 9.17) is 5.26 Å². The van der Waals surface area contributed by atoms with Gasteiger partial charge in [0, 0.05) is 6.42 Å². The van der Waals surface area contributed by atoms with Gasteiger partial charge in [0.2, 0.25) is 0 Å². The van der Waals surface area contributed by atoms with Gasteiger partial charge >= 0.3 is 0 Å². The summed E-state index contributed by atoms with van der Waals surface area (Å²) in [6.45, 7) is 3.61. The number of hydrogen-bond acceptors (Lipinski definition) is 6. The topological polar surface area (TPSA) is 78.7 Å². The van der Waals surface area contributed by atoms with Crippen LogP contribution >= 0.6 is 22.9 Å². The van der Waals surface area contributed by atoms with Crippen LogP contribution in [0.1, 0.15) is 44.5 Å². The second-order valence-electron chi connectivity index (χ2n) is 5.21. The zero-order valence-electron chi connectivity index (χ0n) is 11.8. The maximum absolute atomic E-state index is 12.4. The number of nitrogens with one attached hydrogen (secondary N) is 1. The highest BCUT2D eigenvalue weighted by molar-refractivity contribution is 7.14. The molecular formula is C14H14N4OS2. The van der Waals surface area contributed by atoms with E-state index in [9.17, 15) is 4.79 Å². The monoisotopic (exact) mass is 318 g/mol. The number of amides is 1. The quantitative estimate of drug-likeness (QED) is 0.938. The Bertz CT molecular complexity index is 737. The molecule has 1 aliphatic rings. The van der Waals surface area contributed by atoms with Gasteiger partial charge in [0.05, 0.1) is 16.4 Å². The van der Waals surface area contributed by atoms with Gasteiger partial charge in [0.25, 0.3) is 5.91 Å².